The first-order valence-electron chi connectivity index (χ1n) is 6.37. The number of benzene rings is 1. The maximum Gasteiger partial charge on any atom is 0.240 e. The van der Waals surface area contributed by atoms with E-state index in [1.165, 1.54) is 0 Å². The highest BCUT2D eigenvalue weighted by Crippen LogP contribution is 2.23. The molecule has 2 rings (SSSR count). The van der Waals surface area contributed by atoms with Gasteiger partial charge in [-0.25, -0.2) is 8.78 Å². The third-order valence-corrected chi connectivity index (χ3v) is 3.84. The predicted molar refractivity (Wildman–Crippen MR) is 81.6 cm³/mol. The highest BCUT2D eigenvalue weighted by atomic mass is 32.2. The minimum Gasteiger partial charge on any atom is -0.324 e. The van der Waals surface area contributed by atoms with Gasteiger partial charge in [-0.3, -0.25) is 14.6 Å². The molecule has 1 fully saturated rings. The number of aliphatic imine (C=N–C) groups is 1. The van der Waals surface area contributed by atoms with Crippen LogP contribution in [0.3, 0.4) is 0 Å². The van der Waals surface area contributed by atoms with Crippen LogP contribution in [0.5, 0.6) is 0 Å². The van der Waals surface area contributed by atoms with Crippen molar-refractivity contribution in [2.24, 2.45) is 4.99 Å². The van der Waals surface area contributed by atoms with E-state index in [1.54, 1.807) is 6.08 Å². The lowest BCUT2D eigenvalue weighted by Crippen LogP contribution is -2.28. The smallest absolute Gasteiger partial charge is 0.240 e. The summed E-state index contributed by atoms with van der Waals surface area (Å²) in [6.07, 6.45) is 1.44. The molecule has 1 heterocycles. The van der Waals surface area contributed by atoms with E-state index >= 15 is 0 Å². The normalized spacial score (nSPS) is 19.1. The quantitative estimate of drug-likeness (QED) is 0.814. The number of amidine groups is 1. The Hall–Kier alpha value is -2.22. The van der Waals surface area contributed by atoms with Gasteiger partial charge in [0.05, 0.1) is 12.2 Å². The van der Waals surface area contributed by atoms with Gasteiger partial charge in [-0.15, -0.1) is 6.58 Å². The van der Waals surface area contributed by atoms with E-state index in [-0.39, 0.29) is 18.0 Å². The van der Waals surface area contributed by atoms with Crippen LogP contribution in [0.2, 0.25) is 0 Å². The molecule has 0 bridgehead atoms. The predicted octanol–water partition coefficient (Wildman–Crippen LogP) is 2.07. The van der Waals surface area contributed by atoms with Crippen molar-refractivity contribution in [2.75, 3.05) is 11.9 Å². The largest absolute Gasteiger partial charge is 0.324 e. The SMILES string of the molecule is C=CCN=C1NC(=O)[C@@H](CC(=O)Nc2ccc(F)cc2F)S1. The van der Waals surface area contributed by atoms with E-state index in [4.69, 9.17) is 0 Å². The van der Waals surface area contributed by atoms with Crippen molar-refractivity contribution in [1.82, 2.24) is 5.32 Å². The number of hydrogen-bond acceptors (Lipinski definition) is 4. The molecule has 0 radical (unpaired) electrons. The Balaban J connectivity index is 1.95. The van der Waals surface area contributed by atoms with Crippen LogP contribution in [0, 0.1) is 11.6 Å². The molecule has 0 aromatic heterocycles. The molecule has 116 valence electrons. The van der Waals surface area contributed by atoms with Gasteiger partial charge in [0, 0.05) is 12.5 Å². The molecule has 1 atom stereocenters. The molecule has 1 aliphatic heterocycles. The Bertz CT molecular complexity index is 649. The van der Waals surface area contributed by atoms with Crippen molar-refractivity contribution in [3.8, 4) is 0 Å². The summed E-state index contributed by atoms with van der Waals surface area (Å²) in [7, 11) is 0. The summed E-state index contributed by atoms with van der Waals surface area (Å²) in [4.78, 5) is 27.6. The minimum atomic E-state index is -0.870. The van der Waals surface area contributed by atoms with Crippen LogP contribution >= 0.6 is 11.8 Å². The van der Waals surface area contributed by atoms with Crippen LogP contribution in [0.4, 0.5) is 14.5 Å². The highest BCUT2D eigenvalue weighted by Gasteiger charge is 2.32. The van der Waals surface area contributed by atoms with Crippen LogP contribution < -0.4 is 10.6 Å². The summed E-state index contributed by atoms with van der Waals surface area (Å²) in [5.74, 6) is -2.47. The zero-order valence-electron chi connectivity index (χ0n) is 11.4. The monoisotopic (exact) mass is 325 g/mol. The summed E-state index contributed by atoms with van der Waals surface area (Å²) in [5.41, 5.74) is -0.129. The first-order chi connectivity index (χ1) is 10.5. The zero-order chi connectivity index (χ0) is 16.1. The average Bonchev–Trinajstić information content (AvgIpc) is 2.80. The average molecular weight is 325 g/mol. The third-order valence-electron chi connectivity index (χ3n) is 2.72. The second kappa shape index (κ2) is 7.17. The molecule has 0 aliphatic carbocycles. The van der Waals surface area contributed by atoms with Crippen molar-refractivity contribution in [3.05, 3.63) is 42.5 Å². The zero-order valence-corrected chi connectivity index (χ0v) is 12.3. The fraction of sp³-hybridized carbons (Fsp3) is 0.214. The number of nitrogens with zero attached hydrogens (tertiary/aromatic N) is 1. The molecule has 0 spiro atoms. The number of amides is 2. The van der Waals surface area contributed by atoms with Gasteiger partial charge in [-0.2, -0.15) is 0 Å². The fourth-order valence-electron chi connectivity index (χ4n) is 1.72. The molecular formula is C14H13F2N3O2S. The number of carbonyl (C=O) groups is 2. The molecule has 0 unspecified atom stereocenters. The molecule has 22 heavy (non-hydrogen) atoms. The van der Waals surface area contributed by atoms with Gasteiger partial charge in [0.25, 0.3) is 0 Å². The van der Waals surface area contributed by atoms with Crippen LogP contribution in [0.15, 0.2) is 35.8 Å². The first-order valence-corrected chi connectivity index (χ1v) is 7.25. The van der Waals surface area contributed by atoms with E-state index in [0.29, 0.717) is 17.8 Å². The number of anilines is 1. The van der Waals surface area contributed by atoms with Crippen molar-refractivity contribution in [2.45, 2.75) is 11.7 Å². The van der Waals surface area contributed by atoms with Gasteiger partial charge < -0.3 is 10.6 Å². The van der Waals surface area contributed by atoms with Gasteiger partial charge in [-0.1, -0.05) is 17.8 Å². The van der Waals surface area contributed by atoms with Gasteiger partial charge in [0.15, 0.2) is 5.17 Å². The van der Waals surface area contributed by atoms with E-state index in [2.05, 4.69) is 22.2 Å². The maximum atomic E-state index is 13.4. The van der Waals surface area contributed by atoms with Crippen LogP contribution in [-0.4, -0.2) is 28.8 Å². The van der Waals surface area contributed by atoms with E-state index in [0.717, 1.165) is 23.9 Å². The maximum absolute atomic E-state index is 13.4. The van der Waals surface area contributed by atoms with Crippen molar-refractivity contribution in [3.63, 3.8) is 0 Å². The van der Waals surface area contributed by atoms with Gasteiger partial charge in [0.2, 0.25) is 11.8 Å². The third kappa shape index (κ3) is 4.14. The van der Waals surface area contributed by atoms with Gasteiger partial charge in [0.1, 0.15) is 16.9 Å². The Morgan fingerprint density at radius 3 is 2.95 bits per heavy atom. The van der Waals surface area contributed by atoms with Gasteiger partial charge >= 0.3 is 0 Å². The molecule has 2 N–H and O–H groups in total. The molecule has 1 aromatic rings. The number of nitrogens with one attached hydrogen (secondary N) is 2. The molecule has 0 saturated carbocycles. The topological polar surface area (TPSA) is 70.6 Å². The number of halogens is 2. The second-order valence-electron chi connectivity index (χ2n) is 4.41. The second-order valence-corrected chi connectivity index (χ2v) is 5.60. The van der Waals surface area contributed by atoms with Crippen LogP contribution in [0.1, 0.15) is 6.42 Å². The van der Waals surface area contributed by atoms with E-state index in [9.17, 15) is 18.4 Å². The molecule has 1 aliphatic rings. The fourth-order valence-corrected chi connectivity index (χ4v) is 2.70. The summed E-state index contributed by atoms with van der Waals surface area (Å²) in [5, 5.41) is 4.66. The number of hydrogen-bond donors (Lipinski definition) is 2. The summed E-state index contributed by atoms with van der Waals surface area (Å²) >= 11 is 1.13. The lowest BCUT2D eigenvalue weighted by atomic mass is 10.2. The molecular weight excluding hydrogens is 312 g/mol. The Morgan fingerprint density at radius 2 is 2.27 bits per heavy atom. The molecule has 1 saturated heterocycles. The van der Waals surface area contributed by atoms with Gasteiger partial charge in [-0.05, 0) is 12.1 Å². The van der Waals surface area contributed by atoms with Crippen molar-refractivity contribution >= 4 is 34.4 Å². The molecule has 1 aromatic carbocycles. The number of rotatable bonds is 5. The number of thioether (sulfide) groups is 1. The van der Waals surface area contributed by atoms with Crippen LogP contribution in [-0.2, 0) is 9.59 Å². The highest BCUT2D eigenvalue weighted by molar-refractivity contribution is 8.15. The summed E-state index contributed by atoms with van der Waals surface area (Å²) < 4.78 is 26.2. The summed E-state index contributed by atoms with van der Waals surface area (Å²) in [6, 6.07) is 2.84. The van der Waals surface area contributed by atoms with Crippen LogP contribution in [0.25, 0.3) is 0 Å². The van der Waals surface area contributed by atoms with E-state index < -0.39 is 22.8 Å². The molecule has 2 amide bonds. The van der Waals surface area contributed by atoms with Crippen molar-refractivity contribution < 1.29 is 18.4 Å². The standard InChI is InChI=1S/C14H13F2N3O2S/c1-2-5-17-14-19-13(21)11(22-14)7-12(20)18-10-4-3-8(15)6-9(10)16/h2-4,6,11H,1,5,7H2,(H,18,20)(H,17,19,21)/t11-/m1/s1. The Kier molecular flexibility index (Phi) is 5.26. The lowest BCUT2D eigenvalue weighted by Gasteiger charge is -2.08. The first kappa shape index (κ1) is 16.2. The number of carbonyl (C=O) groups excluding carboxylic acids is 2. The summed E-state index contributed by atoms with van der Waals surface area (Å²) in [6.45, 7) is 3.88. The van der Waals surface area contributed by atoms with E-state index in [1.807, 2.05) is 0 Å². The molecule has 5 nitrogen and oxygen atoms in total. The Labute approximate surface area is 129 Å². The minimum absolute atomic E-state index is 0.129. The Morgan fingerprint density at radius 1 is 1.50 bits per heavy atom. The van der Waals surface area contributed by atoms with Crippen molar-refractivity contribution in [1.29, 1.82) is 0 Å². The molecule has 8 heteroatoms. The lowest BCUT2D eigenvalue weighted by molar-refractivity contribution is -0.122.